The quantitative estimate of drug-likeness (QED) is 0.489. The minimum atomic E-state index is -0.282. The minimum absolute atomic E-state index is 0.282. The van der Waals surface area contributed by atoms with Gasteiger partial charge in [0.05, 0.1) is 5.56 Å². The molecule has 2 aromatic rings. The van der Waals surface area contributed by atoms with Crippen LogP contribution in [0.2, 0.25) is 0 Å². The Labute approximate surface area is 172 Å². The topological polar surface area (TPSA) is 71.7 Å². The number of carbonyl (C=O) groups excluding carboxylic acids is 1. The highest BCUT2D eigenvalue weighted by molar-refractivity contribution is 5.93. The molecule has 2 heterocycles. The van der Waals surface area contributed by atoms with Crippen molar-refractivity contribution in [3.8, 4) is 11.6 Å². The Kier molecular flexibility index (Phi) is 5.83. The molecule has 29 heavy (non-hydrogen) atoms. The van der Waals surface area contributed by atoms with Gasteiger partial charge in [0.15, 0.2) is 0 Å². The molecule has 2 N–H and O–H groups in total. The van der Waals surface area contributed by atoms with Crippen LogP contribution in [0.3, 0.4) is 0 Å². The third-order valence-electron chi connectivity index (χ3n) is 6.33. The first kappa shape index (κ1) is 19.9. The Morgan fingerprint density at radius 1 is 1.17 bits per heavy atom. The van der Waals surface area contributed by atoms with Crippen LogP contribution >= 0.6 is 0 Å². The van der Waals surface area contributed by atoms with E-state index in [4.69, 9.17) is 10.6 Å². The molecule has 154 valence electrons. The van der Waals surface area contributed by atoms with E-state index in [1.165, 1.54) is 43.6 Å². The lowest BCUT2D eigenvalue weighted by Crippen LogP contribution is -2.38. The fourth-order valence-corrected chi connectivity index (χ4v) is 4.67. The molecule has 1 aromatic carbocycles. The van der Waals surface area contributed by atoms with Crippen LogP contribution < -0.4 is 10.6 Å². The van der Waals surface area contributed by atoms with E-state index in [1.807, 2.05) is 6.07 Å². The number of carbonyl (C=O) groups is 1. The number of benzene rings is 1. The van der Waals surface area contributed by atoms with Gasteiger partial charge in [0.25, 0.3) is 5.91 Å². The van der Waals surface area contributed by atoms with E-state index < -0.39 is 0 Å². The number of nitrogens with two attached hydrogens (primary N) is 1. The maximum Gasteiger partial charge on any atom is 0.269 e. The van der Waals surface area contributed by atoms with Gasteiger partial charge >= 0.3 is 0 Å². The van der Waals surface area contributed by atoms with E-state index in [9.17, 15) is 4.79 Å². The number of hydrazine groups is 1. The molecule has 2 unspecified atom stereocenters. The van der Waals surface area contributed by atoms with Crippen molar-refractivity contribution < 1.29 is 9.53 Å². The van der Waals surface area contributed by atoms with Crippen molar-refractivity contribution in [3.63, 3.8) is 0 Å². The molecule has 1 saturated carbocycles. The molecule has 4 rings (SSSR count). The molecule has 0 spiro atoms. The summed E-state index contributed by atoms with van der Waals surface area (Å²) in [5, 5.41) is 1.04. The fraction of sp³-hybridized carbons (Fsp3) is 0.478. The van der Waals surface area contributed by atoms with Crippen LogP contribution in [-0.2, 0) is 12.8 Å². The molecule has 6 heteroatoms. The van der Waals surface area contributed by atoms with Gasteiger partial charge in [0.1, 0.15) is 5.75 Å². The van der Waals surface area contributed by atoms with Crippen LogP contribution in [0.1, 0.15) is 47.7 Å². The van der Waals surface area contributed by atoms with Gasteiger partial charge in [0.2, 0.25) is 5.88 Å². The van der Waals surface area contributed by atoms with Gasteiger partial charge in [-0.05, 0) is 60.9 Å². The van der Waals surface area contributed by atoms with Gasteiger partial charge in [-0.15, -0.1) is 0 Å². The number of fused-ring (bicyclic) bond motifs is 1. The molecular weight excluding hydrogens is 364 g/mol. The standard InChI is InChI=1S/C23H30N4O2/c1-16-4-3-5-21(16)27-12-10-17-6-8-20(14-18(17)11-13-27)29-22-9-7-19(15-25-22)23(28)26(2)24/h6-9,14-16,21H,3-5,10-13,24H2,1-2H3. The van der Waals surface area contributed by atoms with E-state index in [-0.39, 0.29) is 5.91 Å². The second-order valence-electron chi connectivity index (χ2n) is 8.35. The molecule has 1 aromatic heterocycles. The minimum Gasteiger partial charge on any atom is -0.439 e. The van der Waals surface area contributed by atoms with Crippen molar-refractivity contribution >= 4 is 5.91 Å². The van der Waals surface area contributed by atoms with Gasteiger partial charge in [-0.3, -0.25) is 14.7 Å². The Morgan fingerprint density at radius 2 is 1.97 bits per heavy atom. The Morgan fingerprint density at radius 3 is 2.62 bits per heavy atom. The van der Waals surface area contributed by atoms with Crippen molar-refractivity contribution in [2.24, 2.45) is 11.8 Å². The van der Waals surface area contributed by atoms with Crippen molar-refractivity contribution in [1.82, 2.24) is 14.9 Å². The molecule has 0 saturated heterocycles. The highest BCUT2D eigenvalue weighted by Gasteiger charge is 2.29. The van der Waals surface area contributed by atoms with Crippen molar-refractivity contribution in [3.05, 3.63) is 53.2 Å². The number of amides is 1. The fourth-order valence-electron chi connectivity index (χ4n) is 4.67. The summed E-state index contributed by atoms with van der Waals surface area (Å²) in [6, 6.07) is 10.5. The molecule has 1 fully saturated rings. The molecule has 1 amide bonds. The number of nitrogens with zero attached hydrogens (tertiary/aromatic N) is 3. The molecular formula is C23H30N4O2. The molecule has 2 aliphatic rings. The van der Waals surface area contributed by atoms with Crippen LogP contribution in [0.15, 0.2) is 36.5 Å². The van der Waals surface area contributed by atoms with Crippen molar-refractivity contribution in [1.29, 1.82) is 0 Å². The summed E-state index contributed by atoms with van der Waals surface area (Å²) >= 11 is 0. The Balaban J connectivity index is 1.43. The number of pyridine rings is 1. The lowest BCUT2D eigenvalue weighted by molar-refractivity contribution is 0.0794. The lowest BCUT2D eigenvalue weighted by Gasteiger charge is -2.30. The van der Waals surface area contributed by atoms with Crippen LogP contribution in [0.4, 0.5) is 0 Å². The molecule has 1 aliphatic carbocycles. The molecule has 1 aliphatic heterocycles. The summed E-state index contributed by atoms with van der Waals surface area (Å²) in [6.07, 6.45) is 7.72. The first-order chi connectivity index (χ1) is 14.0. The van der Waals surface area contributed by atoms with E-state index in [2.05, 4.69) is 28.9 Å². The van der Waals surface area contributed by atoms with Crippen LogP contribution in [-0.4, -0.2) is 47.0 Å². The highest BCUT2D eigenvalue weighted by Crippen LogP contribution is 2.32. The predicted octanol–water partition coefficient (Wildman–Crippen LogP) is 3.41. The second kappa shape index (κ2) is 8.51. The second-order valence-corrected chi connectivity index (χ2v) is 8.35. The van der Waals surface area contributed by atoms with E-state index >= 15 is 0 Å². The lowest BCUT2D eigenvalue weighted by atomic mass is 10.0. The van der Waals surface area contributed by atoms with Gasteiger partial charge in [-0.1, -0.05) is 19.4 Å². The number of rotatable bonds is 4. The summed E-state index contributed by atoms with van der Waals surface area (Å²) in [5.41, 5.74) is 3.23. The normalized spacial score (nSPS) is 22.0. The summed E-state index contributed by atoms with van der Waals surface area (Å²) in [6.45, 7) is 4.67. The molecule has 0 radical (unpaired) electrons. The molecule has 6 nitrogen and oxygen atoms in total. The SMILES string of the molecule is CC1CCCC1N1CCc2ccc(Oc3ccc(C(=O)N(C)N)cn3)cc2CC1. The molecule has 0 bridgehead atoms. The van der Waals surface area contributed by atoms with Crippen molar-refractivity contribution in [2.75, 3.05) is 20.1 Å². The van der Waals surface area contributed by atoms with Crippen LogP contribution in [0.5, 0.6) is 11.6 Å². The zero-order valence-electron chi connectivity index (χ0n) is 17.3. The van der Waals surface area contributed by atoms with Gasteiger partial charge in [-0.25, -0.2) is 10.8 Å². The van der Waals surface area contributed by atoms with Crippen LogP contribution in [0, 0.1) is 5.92 Å². The summed E-state index contributed by atoms with van der Waals surface area (Å²) < 4.78 is 5.94. The average molecular weight is 395 g/mol. The Bertz CT molecular complexity index is 866. The zero-order chi connectivity index (χ0) is 20.4. The largest absolute Gasteiger partial charge is 0.439 e. The van der Waals surface area contributed by atoms with Gasteiger partial charge in [-0.2, -0.15) is 0 Å². The number of hydrogen-bond donors (Lipinski definition) is 1. The van der Waals surface area contributed by atoms with Gasteiger partial charge < -0.3 is 4.74 Å². The molecule has 2 atom stereocenters. The van der Waals surface area contributed by atoms with E-state index in [1.54, 1.807) is 12.1 Å². The summed E-state index contributed by atoms with van der Waals surface area (Å²) in [7, 11) is 1.51. The van der Waals surface area contributed by atoms with E-state index in [0.717, 1.165) is 48.6 Å². The number of ether oxygens (including phenoxy) is 1. The first-order valence-electron chi connectivity index (χ1n) is 10.5. The zero-order valence-corrected chi connectivity index (χ0v) is 17.3. The smallest absolute Gasteiger partial charge is 0.269 e. The van der Waals surface area contributed by atoms with Crippen LogP contribution in [0.25, 0.3) is 0 Å². The van der Waals surface area contributed by atoms with E-state index in [0.29, 0.717) is 11.4 Å². The third kappa shape index (κ3) is 4.43. The van der Waals surface area contributed by atoms with Gasteiger partial charge in [0, 0.05) is 38.4 Å². The third-order valence-corrected chi connectivity index (χ3v) is 6.33. The summed E-state index contributed by atoms with van der Waals surface area (Å²) in [4.78, 5) is 18.8. The highest BCUT2D eigenvalue weighted by atomic mass is 16.5. The number of aromatic nitrogens is 1. The maximum atomic E-state index is 11.9. The summed E-state index contributed by atoms with van der Waals surface area (Å²) in [5.74, 6) is 7.27. The Hall–Kier alpha value is -2.44. The average Bonchev–Trinajstić information content (AvgIpc) is 3.03. The monoisotopic (exact) mass is 394 g/mol. The first-order valence-corrected chi connectivity index (χ1v) is 10.5. The maximum absolute atomic E-state index is 11.9. The van der Waals surface area contributed by atoms with Crippen molar-refractivity contribution in [2.45, 2.75) is 45.1 Å². The number of hydrogen-bond acceptors (Lipinski definition) is 5. The predicted molar refractivity (Wildman–Crippen MR) is 113 cm³/mol.